The van der Waals surface area contributed by atoms with Crippen LogP contribution in [0, 0.1) is 12.3 Å². The zero-order valence-electron chi connectivity index (χ0n) is 10.4. The van der Waals surface area contributed by atoms with Gasteiger partial charge >= 0.3 is 0 Å². The van der Waals surface area contributed by atoms with Gasteiger partial charge in [-0.2, -0.15) is 0 Å². The third-order valence-electron chi connectivity index (χ3n) is 2.59. The quantitative estimate of drug-likeness (QED) is 0.607. The molecule has 0 radical (unpaired) electrons. The van der Waals surface area contributed by atoms with Crippen LogP contribution in [0.1, 0.15) is 25.3 Å². The number of aryl methyl sites for hydroxylation is 1. The van der Waals surface area contributed by atoms with Crippen molar-refractivity contribution in [1.29, 1.82) is 0 Å². The monoisotopic (exact) mass is 278 g/mol. The van der Waals surface area contributed by atoms with Crippen LogP contribution in [0.3, 0.4) is 0 Å². The zero-order valence-corrected chi connectivity index (χ0v) is 11.9. The number of hydrogen-bond donors (Lipinski definition) is 0. The lowest BCUT2D eigenvalue weighted by Crippen LogP contribution is -1.85. The molecule has 2 rings (SSSR count). The van der Waals surface area contributed by atoms with Crippen molar-refractivity contribution >= 4 is 23.2 Å². The van der Waals surface area contributed by atoms with Crippen molar-refractivity contribution in [3.63, 3.8) is 0 Å². The van der Waals surface area contributed by atoms with Crippen LogP contribution in [-0.4, -0.2) is 0 Å². The Morgan fingerprint density at radius 2 is 1.83 bits per heavy atom. The molecule has 0 amide bonds. The molecule has 0 aromatic heterocycles. The van der Waals surface area contributed by atoms with Crippen LogP contribution >= 0.6 is 23.2 Å². The van der Waals surface area contributed by atoms with Gasteiger partial charge in [0.1, 0.15) is 0 Å². The maximum Gasteiger partial charge on any atom is 0.0519 e. The molecule has 0 heterocycles. The first-order chi connectivity index (χ1) is 8.69. The van der Waals surface area contributed by atoms with Gasteiger partial charge in [-0.3, -0.25) is 0 Å². The van der Waals surface area contributed by atoms with Gasteiger partial charge in [0.25, 0.3) is 0 Å². The van der Waals surface area contributed by atoms with Crippen LogP contribution in [-0.2, 0) is 6.42 Å². The molecule has 1 aliphatic rings. The van der Waals surface area contributed by atoms with E-state index in [4.69, 9.17) is 29.6 Å². The minimum absolute atomic E-state index is 0.726. The number of halogens is 2. The molecule has 0 atom stereocenters. The van der Waals surface area contributed by atoms with Crippen molar-refractivity contribution in [1.82, 2.24) is 0 Å². The Morgan fingerprint density at radius 1 is 1.17 bits per heavy atom. The highest BCUT2D eigenvalue weighted by molar-refractivity contribution is 6.32. The van der Waals surface area contributed by atoms with Gasteiger partial charge < -0.3 is 0 Å². The second-order valence-corrected chi connectivity index (χ2v) is 4.65. The molecule has 0 saturated heterocycles. The fourth-order valence-electron chi connectivity index (χ4n) is 1.56. The van der Waals surface area contributed by atoms with Crippen LogP contribution in [0.4, 0.5) is 0 Å². The van der Waals surface area contributed by atoms with E-state index in [0.29, 0.717) is 0 Å². The highest BCUT2D eigenvalue weighted by Crippen LogP contribution is 2.20. The Hall–Kier alpha value is -1.16. The lowest BCUT2D eigenvalue weighted by molar-refractivity contribution is 1.02. The third-order valence-corrected chi connectivity index (χ3v) is 3.32. The molecule has 0 N–H and O–H groups in total. The van der Waals surface area contributed by atoms with Gasteiger partial charge in [0, 0.05) is 10.6 Å². The van der Waals surface area contributed by atoms with E-state index in [9.17, 15) is 0 Å². The van der Waals surface area contributed by atoms with Crippen molar-refractivity contribution in [3.8, 4) is 12.3 Å². The summed E-state index contributed by atoms with van der Waals surface area (Å²) >= 11 is 11.6. The minimum atomic E-state index is 0.726. The van der Waals surface area contributed by atoms with Gasteiger partial charge in [-0.15, -0.1) is 6.42 Å². The normalized spacial score (nSPS) is 13.7. The smallest absolute Gasteiger partial charge is 0.0519 e. The number of hydrogen-bond acceptors (Lipinski definition) is 0. The Balaban J connectivity index is 0.000000180. The molecule has 2 heteroatoms. The van der Waals surface area contributed by atoms with Crippen LogP contribution < -0.4 is 0 Å². The molecule has 0 saturated carbocycles. The number of rotatable bonds is 1. The minimum Gasteiger partial charge on any atom is -0.115 e. The molecular formula is C16H16Cl2. The predicted molar refractivity (Wildman–Crippen MR) is 80.9 cm³/mol. The number of allylic oxidation sites excluding steroid dienone is 4. The summed E-state index contributed by atoms with van der Waals surface area (Å²) in [6.07, 6.45) is 12.1. The van der Waals surface area contributed by atoms with E-state index in [2.05, 4.69) is 12.8 Å². The summed E-state index contributed by atoms with van der Waals surface area (Å²) in [5.41, 5.74) is 2.06. The van der Waals surface area contributed by atoms with E-state index < -0.39 is 0 Å². The second kappa shape index (κ2) is 8.03. The highest BCUT2D eigenvalue weighted by atomic mass is 35.5. The van der Waals surface area contributed by atoms with Crippen LogP contribution in [0.15, 0.2) is 47.0 Å². The summed E-state index contributed by atoms with van der Waals surface area (Å²) in [6, 6.07) is 7.91. The molecule has 1 aliphatic carbocycles. The van der Waals surface area contributed by atoms with Crippen LogP contribution in [0.2, 0.25) is 5.02 Å². The highest BCUT2D eigenvalue weighted by Gasteiger charge is 2.01. The van der Waals surface area contributed by atoms with E-state index >= 15 is 0 Å². The zero-order chi connectivity index (χ0) is 13.4. The standard InChI is InChI=1S/C8H9Cl.C8H7Cl/c2*1-2-7-5-3-4-6-8(7)9/h3-6H,2H2,1H3;1,5-6H,3-4H2. The first-order valence-corrected chi connectivity index (χ1v) is 6.70. The molecule has 1 aromatic carbocycles. The van der Waals surface area contributed by atoms with Crippen molar-refractivity contribution in [2.24, 2.45) is 0 Å². The van der Waals surface area contributed by atoms with Crippen molar-refractivity contribution in [2.45, 2.75) is 26.2 Å². The molecular weight excluding hydrogens is 263 g/mol. The SMILES string of the molecule is C#CC1=CCCC=C1Cl.CCc1ccccc1Cl. The number of terminal acetylenes is 1. The van der Waals surface area contributed by atoms with Crippen molar-refractivity contribution in [3.05, 3.63) is 57.6 Å². The first kappa shape index (κ1) is 14.9. The molecule has 0 unspecified atom stereocenters. The van der Waals surface area contributed by atoms with E-state index in [1.165, 1.54) is 5.56 Å². The maximum absolute atomic E-state index is 5.82. The molecule has 0 spiro atoms. The number of benzene rings is 1. The molecule has 0 nitrogen and oxygen atoms in total. The second-order valence-electron chi connectivity index (χ2n) is 3.84. The predicted octanol–water partition coefficient (Wildman–Crippen LogP) is 5.36. The summed E-state index contributed by atoms with van der Waals surface area (Å²) in [6.45, 7) is 2.10. The Morgan fingerprint density at radius 3 is 2.28 bits per heavy atom. The van der Waals surface area contributed by atoms with E-state index in [1.54, 1.807) is 0 Å². The third kappa shape index (κ3) is 4.61. The Labute approximate surface area is 119 Å². The Kier molecular flexibility index (Phi) is 6.65. The molecule has 0 bridgehead atoms. The molecule has 0 fully saturated rings. The van der Waals surface area contributed by atoms with E-state index in [-0.39, 0.29) is 0 Å². The van der Waals surface area contributed by atoms with Gasteiger partial charge in [-0.1, -0.05) is 66.4 Å². The van der Waals surface area contributed by atoms with Gasteiger partial charge in [0.2, 0.25) is 0 Å². The van der Waals surface area contributed by atoms with Crippen molar-refractivity contribution in [2.75, 3.05) is 0 Å². The Bertz CT molecular complexity index is 490. The molecule has 1 aromatic rings. The summed E-state index contributed by atoms with van der Waals surface area (Å²) in [5, 5.41) is 1.60. The summed E-state index contributed by atoms with van der Waals surface area (Å²) < 4.78 is 0. The topological polar surface area (TPSA) is 0 Å². The van der Waals surface area contributed by atoms with Crippen molar-refractivity contribution < 1.29 is 0 Å². The van der Waals surface area contributed by atoms with Crippen LogP contribution in [0.5, 0.6) is 0 Å². The van der Waals surface area contributed by atoms with E-state index in [1.807, 2.05) is 36.4 Å². The molecule has 94 valence electrons. The lowest BCUT2D eigenvalue weighted by Gasteiger charge is -2.02. The average Bonchev–Trinajstić information content (AvgIpc) is 2.41. The van der Waals surface area contributed by atoms with Gasteiger partial charge in [0.05, 0.1) is 5.03 Å². The maximum atomic E-state index is 5.82. The molecule has 0 aliphatic heterocycles. The largest absolute Gasteiger partial charge is 0.115 e. The summed E-state index contributed by atoms with van der Waals surface area (Å²) in [5.74, 6) is 2.51. The van der Waals surface area contributed by atoms with Gasteiger partial charge in [-0.25, -0.2) is 0 Å². The fourth-order valence-corrected chi connectivity index (χ4v) is 2.07. The first-order valence-electron chi connectivity index (χ1n) is 5.95. The van der Waals surface area contributed by atoms with Gasteiger partial charge in [0.15, 0.2) is 0 Å². The molecule has 18 heavy (non-hydrogen) atoms. The summed E-state index contributed by atoms with van der Waals surface area (Å²) in [7, 11) is 0. The van der Waals surface area contributed by atoms with Crippen LogP contribution in [0.25, 0.3) is 0 Å². The summed E-state index contributed by atoms with van der Waals surface area (Å²) in [4.78, 5) is 0. The van der Waals surface area contributed by atoms with E-state index in [0.717, 1.165) is 34.9 Å². The van der Waals surface area contributed by atoms with Gasteiger partial charge in [-0.05, 0) is 30.9 Å². The average molecular weight is 279 g/mol. The lowest BCUT2D eigenvalue weighted by atomic mass is 10.1. The fraction of sp³-hybridized carbons (Fsp3) is 0.250.